The number of hydrogen-bond acceptors (Lipinski definition) is 2. The zero-order valence-corrected chi connectivity index (χ0v) is 15.1. The van der Waals surface area contributed by atoms with Crippen LogP contribution in [-0.4, -0.2) is 40.0 Å². The van der Waals surface area contributed by atoms with Gasteiger partial charge in [0.15, 0.2) is 8.32 Å². The Bertz CT molecular complexity index is 179. The van der Waals surface area contributed by atoms with Gasteiger partial charge in [0.1, 0.15) is 0 Å². The Morgan fingerprint density at radius 2 is 1.26 bits per heavy atom. The van der Waals surface area contributed by atoms with Crippen LogP contribution in [0.1, 0.15) is 59.8 Å². The van der Waals surface area contributed by atoms with E-state index in [0.717, 1.165) is 0 Å². The molecule has 0 aliphatic carbocycles. The molecule has 0 saturated heterocycles. The third-order valence-electron chi connectivity index (χ3n) is 4.48. The van der Waals surface area contributed by atoms with E-state index in [1.807, 2.05) is 7.11 Å². The fraction of sp³-hybridized carbons (Fsp3) is 1.00. The van der Waals surface area contributed by atoms with Crippen molar-refractivity contribution in [1.82, 2.24) is 4.90 Å². The molecular formula is C16H37NOSi. The van der Waals surface area contributed by atoms with Crippen LogP contribution in [0.5, 0.6) is 0 Å². The van der Waals surface area contributed by atoms with E-state index in [1.165, 1.54) is 69.9 Å². The van der Waals surface area contributed by atoms with E-state index < -0.39 is 8.32 Å². The first-order valence-corrected chi connectivity index (χ1v) is 11.0. The molecule has 0 spiro atoms. The maximum absolute atomic E-state index is 5.90. The van der Waals surface area contributed by atoms with Gasteiger partial charge in [-0.05, 0) is 57.0 Å². The highest BCUT2D eigenvalue weighted by atomic mass is 28.4. The van der Waals surface area contributed by atoms with Crippen molar-refractivity contribution in [1.29, 1.82) is 0 Å². The predicted octanol–water partition coefficient (Wildman–Crippen LogP) is 4.91. The van der Waals surface area contributed by atoms with Gasteiger partial charge in [-0.3, -0.25) is 0 Å². The molecule has 0 radical (unpaired) electrons. The molecular weight excluding hydrogens is 250 g/mol. The zero-order chi connectivity index (χ0) is 14.6. The first-order chi connectivity index (χ1) is 9.17. The minimum Gasteiger partial charge on any atom is -0.420 e. The molecule has 19 heavy (non-hydrogen) atoms. The Balaban J connectivity index is 4.07. The Labute approximate surface area is 123 Å². The average molecular weight is 288 g/mol. The number of rotatable bonds is 13. The summed E-state index contributed by atoms with van der Waals surface area (Å²) in [7, 11) is 0.562. The molecule has 0 aromatic heterocycles. The molecule has 0 unspecified atom stereocenters. The molecule has 0 aromatic carbocycles. The number of nitrogens with zero attached hydrogens (tertiary/aromatic N) is 1. The summed E-state index contributed by atoms with van der Waals surface area (Å²) in [6, 6.07) is 3.87. The molecule has 0 bridgehead atoms. The van der Waals surface area contributed by atoms with Crippen molar-refractivity contribution < 1.29 is 4.43 Å². The van der Waals surface area contributed by atoms with E-state index in [4.69, 9.17) is 4.43 Å². The monoisotopic (exact) mass is 287 g/mol. The smallest absolute Gasteiger partial charge is 0.191 e. The van der Waals surface area contributed by atoms with Crippen molar-refractivity contribution in [2.24, 2.45) is 0 Å². The standard InChI is InChI=1S/C16H37NOSi/c1-6-10-13-17(14-11-7-2)15-12-16-19(8-3,9-4)18-5/h6-16H2,1-5H3. The van der Waals surface area contributed by atoms with Gasteiger partial charge >= 0.3 is 0 Å². The minimum absolute atomic E-state index is 1.27. The summed E-state index contributed by atoms with van der Waals surface area (Å²) in [4.78, 5) is 2.67. The number of unbranched alkanes of at least 4 members (excludes halogenated alkanes) is 2. The van der Waals surface area contributed by atoms with E-state index in [-0.39, 0.29) is 0 Å². The lowest BCUT2D eigenvalue weighted by Gasteiger charge is -2.29. The second kappa shape index (κ2) is 11.9. The van der Waals surface area contributed by atoms with Crippen molar-refractivity contribution in [2.45, 2.75) is 77.9 Å². The van der Waals surface area contributed by atoms with Gasteiger partial charge in [0.05, 0.1) is 0 Å². The second-order valence-electron chi connectivity index (χ2n) is 5.75. The van der Waals surface area contributed by atoms with Gasteiger partial charge in [-0.15, -0.1) is 0 Å². The van der Waals surface area contributed by atoms with Crippen LogP contribution < -0.4 is 0 Å². The maximum atomic E-state index is 5.90. The van der Waals surface area contributed by atoms with Crippen molar-refractivity contribution in [2.75, 3.05) is 26.7 Å². The van der Waals surface area contributed by atoms with Gasteiger partial charge < -0.3 is 9.33 Å². The molecule has 2 nitrogen and oxygen atoms in total. The minimum atomic E-state index is -1.37. The molecule has 0 aromatic rings. The Morgan fingerprint density at radius 1 is 0.789 bits per heavy atom. The van der Waals surface area contributed by atoms with Crippen molar-refractivity contribution in [3.8, 4) is 0 Å². The molecule has 0 N–H and O–H groups in total. The molecule has 0 aliphatic rings. The summed E-state index contributed by atoms with van der Waals surface area (Å²) in [5, 5.41) is 0. The molecule has 0 rings (SSSR count). The normalized spacial score (nSPS) is 12.3. The van der Waals surface area contributed by atoms with Gasteiger partial charge in [0.25, 0.3) is 0 Å². The van der Waals surface area contributed by atoms with Crippen LogP contribution in [0.3, 0.4) is 0 Å². The van der Waals surface area contributed by atoms with E-state index in [2.05, 4.69) is 32.6 Å². The first kappa shape index (κ1) is 19.1. The lowest BCUT2D eigenvalue weighted by molar-refractivity contribution is 0.263. The topological polar surface area (TPSA) is 12.5 Å². The summed E-state index contributed by atoms with van der Waals surface area (Å²) in [6.45, 7) is 13.0. The number of hydrogen-bond donors (Lipinski definition) is 0. The molecule has 3 heteroatoms. The summed E-state index contributed by atoms with van der Waals surface area (Å²) in [6.07, 6.45) is 6.64. The Kier molecular flexibility index (Phi) is 12.0. The van der Waals surface area contributed by atoms with Gasteiger partial charge in [0, 0.05) is 7.11 Å². The molecule has 0 heterocycles. The van der Waals surface area contributed by atoms with E-state index >= 15 is 0 Å². The molecule has 116 valence electrons. The highest BCUT2D eigenvalue weighted by Crippen LogP contribution is 2.23. The van der Waals surface area contributed by atoms with Crippen LogP contribution in [0.25, 0.3) is 0 Å². The van der Waals surface area contributed by atoms with Gasteiger partial charge in [-0.1, -0.05) is 40.5 Å². The summed E-state index contributed by atoms with van der Waals surface area (Å²) in [5.74, 6) is 0. The summed E-state index contributed by atoms with van der Waals surface area (Å²) in [5.41, 5.74) is 0. The molecule has 0 saturated carbocycles. The van der Waals surface area contributed by atoms with Gasteiger partial charge in [-0.25, -0.2) is 0 Å². The fourth-order valence-electron chi connectivity index (χ4n) is 2.72. The second-order valence-corrected chi connectivity index (χ2v) is 10.4. The maximum Gasteiger partial charge on any atom is 0.191 e. The third kappa shape index (κ3) is 8.11. The third-order valence-corrected chi connectivity index (χ3v) is 9.19. The van der Waals surface area contributed by atoms with Crippen molar-refractivity contribution in [3.63, 3.8) is 0 Å². The van der Waals surface area contributed by atoms with Crippen LogP contribution in [0.2, 0.25) is 18.1 Å². The van der Waals surface area contributed by atoms with E-state index in [9.17, 15) is 0 Å². The Hall–Kier alpha value is 0.137. The molecule has 0 amide bonds. The van der Waals surface area contributed by atoms with Crippen molar-refractivity contribution >= 4 is 8.32 Å². The Morgan fingerprint density at radius 3 is 1.63 bits per heavy atom. The largest absolute Gasteiger partial charge is 0.420 e. The first-order valence-electron chi connectivity index (χ1n) is 8.45. The van der Waals surface area contributed by atoms with Gasteiger partial charge in [0.2, 0.25) is 0 Å². The van der Waals surface area contributed by atoms with E-state index in [0.29, 0.717) is 0 Å². The summed E-state index contributed by atoms with van der Waals surface area (Å²) >= 11 is 0. The lowest BCUT2D eigenvalue weighted by Crippen LogP contribution is -2.36. The lowest BCUT2D eigenvalue weighted by atomic mass is 10.2. The van der Waals surface area contributed by atoms with Gasteiger partial charge in [-0.2, -0.15) is 0 Å². The van der Waals surface area contributed by atoms with Crippen LogP contribution in [0, 0.1) is 0 Å². The van der Waals surface area contributed by atoms with Crippen LogP contribution in [-0.2, 0) is 4.43 Å². The molecule has 0 atom stereocenters. The van der Waals surface area contributed by atoms with Crippen LogP contribution in [0.4, 0.5) is 0 Å². The fourth-order valence-corrected chi connectivity index (χ4v) is 5.51. The average Bonchev–Trinajstić information content (AvgIpc) is 2.46. The van der Waals surface area contributed by atoms with Crippen LogP contribution in [0.15, 0.2) is 0 Å². The van der Waals surface area contributed by atoms with Crippen molar-refractivity contribution in [3.05, 3.63) is 0 Å². The summed E-state index contributed by atoms with van der Waals surface area (Å²) < 4.78 is 5.90. The van der Waals surface area contributed by atoms with E-state index in [1.54, 1.807) is 0 Å². The highest BCUT2D eigenvalue weighted by molar-refractivity contribution is 6.73. The van der Waals surface area contributed by atoms with Crippen LogP contribution >= 0.6 is 0 Å². The quantitative estimate of drug-likeness (QED) is 0.446. The highest BCUT2D eigenvalue weighted by Gasteiger charge is 2.28. The molecule has 0 aliphatic heterocycles. The molecule has 0 fully saturated rings. The predicted molar refractivity (Wildman–Crippen MR) is 89.4 cm³/mol. The SMILES string of the molecule is CCCCN(CCCC)CCC[Si](CC)(CC)OC. The zero-order valence-electron chi connectivity index (χ0n) is 14.1.